The molecule has 0 saturated heterocycles. The van der Waals surface area contributed by atoms with E-state index in [1.807, 2.05) is 31.2 Å². The molecule has 0 heterocycles. The Morgan fingerprint density at radius 1 is 1.39 bits per heavy atom. The summed E-state index contributed by atoms with van der Waals surface area (Å²) in [7, 11) is 2.13. The molecular weight excluding hydrogens is 222 g/mol. The van der Waals surface area contributed by atoms with E-state index in [0.717, 1.165) is 30.1 Å². The van der Waals surface area contributed by atoms with Crippen molar-refractivity contribution in [3.05, 3.63) is 35.4 Å². The molecule has 0 aliphatic heterocycles. The third-order valence-electron chi connectivity index (χ3n) is 3.86. The lowest BCUT2D eigenvalue weighted by Crippen LogP contribution is -2.31. The van der Waals surface area contributed by atoms with Gasteiger partial charge in [-0.15, -0.1) is 0 Å². The van der Waals surface area contributed by atoms with E-state index in [-0.39, 0.29) is 5.78 Å². The molecule has 18 heavy (non-hydrogen) atoms. The Morgan fingerprint density at radius 2 is 2.17 bits per heavy atom. The van der Waals surface area contributed by atoms with Crippen molar-refractivity contribution in [1.82, 2.24) is 4.90 Å². The van der Waals surface area contributed by atoms with Crippen molar-refractivity contribution in [1.29, 1.82) is 0 Å². The third-order valence-corrected chi connectivity index (χ3v) is 3.86. The van der Waals surface area contributed by atoms with E-state index in [1.165, 1.54) is 19.3 Å². The normalized spacial score (nSPS) is 15.7. The Kier molecular flexibility index (Phi) is 4.54. The summed E-state index contributed by atoms with van der Waals surface area (Å²) in [5.41, 5.74) is 2.01. The summed E-state index contributed by atoms with van der Waals surface area (Å²) in [4.78, 5) is 14.3. The molecule has 0 spiro atoms. The number of benzene rings is 1. The highest BCUT2D eigenvalue weighted by atomic mass is 16.1. The molecule has 0 N–H and O–H groups in total. The van der Waals surface area contributed by atoms with Gasteiger partial charge < -0.3 is 4.90 Å². The van der Waals surface area contributed by atoms with Crippen LogP contribution < -0.4 is 0 Å². The number of aryl methyl sites for hydroxylation is 1. The molecule has 0 bridgehead atoms. The highest BCUT2D eigenvalue weighted by Crippen LogP contribution is 2.26. The topological polar surface area (TPSA) is 20.3 Å². The van der Waals surface area contributed by atoms with Crippen molar-refractivity contribution >= 4 is 5.78 Å². The fourth-order valence-electron chi connectivity index (χ4n) is 2.46. The van der Waals surface area contributed by atoms with Crippen LogP contribution in [-0.2, 0) is 0 Å². The Bertz CT molecular complexity index is 409. The highest BCUT2D eigenvalue weighted by Gasteiger charge is 2.19. The predicted molar refractivity (Wildman–Crippen MR) is 75.0 cm³/mol. The van der Waals surface area contributed by atoms with E-state index in [2.05, 4.69) is 11.9 Å². The first kappa shape index (κ1) is 13.3. The average Bonchev–Trinajstić information content (AvgIpc) is 2.31. The second-order valence-corrected chi connectivity index (χ2v) is 5.60. The van der Waals surface area contributed by atoms with Gasteiger partial charge in [0.25, 0.3) is 0 Å². The van der Waals surface area contributed by atoms with Crippen LogP contribution in [0.2, 0.25) is 0 Å². The Hall–Kier alpha value is -1.15. The molecule has 2 rings (SSSR count). The number of rotatable bonds is 6. The maximum Gasteiger partial charge on any atom is 0.164 e. The largest absolute Gasteiger partial charge is 0.306 e. The van der Waals surface area contributed by atoms with Gasteiger partial charge in [0, 0.05) is 25.1 Å². The number of carbonyl (C=O) groups is 1. The Morgan fingerprint density at radius 3 is 2.78 bits per heavy atom. The van der Waals surface area contributed by atoms with Gasteiger partial charge in [-0.05, 0) is 38.8 Å². The van der Waals surface area contributed by atoms with Crippen molar-refractivity contribution in [2.45, 2.75) is 32.6 Å². The lowest BCUT2D eigenvalue weighted by Gasteiger charge is -2.29. The van der Waals surface area contributed by atoms with E-state index in [4.69, 9.17) is 0 Å². The van der Waals surface area contributed by atoms with Crippen LogP contribution in [-0.4, -0.2) is 30.8 Å². The van der Waals surface area contributed by atoms with Gasteiger partial charge in [-0.2, -0.15) is 0 Å². The number of nitrogens with zero attached hydrogens (tertiary/aromatic N) is 1. The molecule has 1 aromatic carbocycles. The molecule has 0 atom stereocenters. The van der Waals surface area contributed by atoms with Gasteiger partial charge in [0.1, 0.15) is 0 Å². The first-order valence-electron chi connectivity index (χ1n) is 6.93. The second kappa shape index (κ2) is 6.14. The van der Waals surface area contributed by atoms with E-state index in [9.17, 15) is 4.79 Å². The minimum absolute atomic E-state index is 0.263. The van der Waals surface area contributed by atoms with Crippen LogP contribution in [0, 0.1) is 12.8 Å². The van der Waals surface area contributed by atoms with Crippen molar-refractivity contribution < 1.29 is 4.79 Å². The first-order chi connectivity index (χ1) is 8.65. The molecule has 98 valence electrons. The molecule has 2 nitrogen and oxygen atoms in total. The molecule has 1 aromatic rings. The zero-order valence-corrected chi connectivity index (χ0v) is 11.5. The third kappa shape index (κ3) is 3.67. The lowest BCUT2D eigenvalue weighted by atomic mass is 9.85. The number of hydrogen-bond donors (Lipinski definition) is 0. The minimum atomic E-state index is 0.263. The van der Waals surface area contributed by atoms with Crippen molar-refractivity contribution in [3.8, 4) is 0 Å². The van der Waals surface area contributed by atoms with E-state index in [0.29, 0.717) is 6.42 Å². The molecule has 1 aliphatic carbocycles. The van der Waals surface area contributed by atoms with Crippen molar-refractivity contribution in [2.24, 2.45) is 5.92 Å². The maximum atomic E-state index is 12.0. The van der Waals surface area contributed by atoms with Gasteiger partial charge in [-0.1, -0.05) is 30.2 Å². The summed E-state index contributed by atoms with van der Waals surface area (Å²) >= 11 is 0. The molecule has 1 aliphatic rings. The Labute approximate surface area is 110 Å². The lowest BCUT2D eigenvalue weighted by molar-refractivity contribution is 0.0961. The van der Waals surface area contributed by atoms with Crippen LogP contribution in [0.4, 0.5) is 0 Å². The van der Waals surface area contributed by atoms with Crippen LogP contribution >= 0.6 is 0 Å². The maximum absolute atomic E-state index is 12.0. The van der Waals surface area contributed by atoms with Gasteiger partial charge in [-0.25, -0.2) is 0 Å². The summed E-state index contributed by atoms with van der Waals surface area (Å²) in [5, 5.41) is 0. The molecule has 1 fully saturated rings. The fourth-order valence-corrected chi connectivity index (χ4v) is 2.46. The van der Waals surface area contributed by atoms with E-state index >= 15 is 0 Å². The average molecular weight is 245 g/mol. The van der Waals surface area contributed by atoms with Crippen LogP contribution in [0.3, 0.4) is 0 Å². The molecule has 0 radical (unpaired) electrons. The van der Waals surface area contributed by atoms with E-state index in [1.54, 1.807) is 0 Å². The zero-order chi connectivity index (χ0) is 13.0. The quantitative estimate of drug-likeness (QED) is 0.717. The summed E-state index contributed by atoms with van der Waals surface area (Å²) in [6.45, 7) is 4.06. The molecule has 0 aromatic heterocycles. The summed E-state index contributed by atoms with van der Waals surface area (Å²) in [5.74, 6) is 1.14. The van der Waals surface area contributed by atoms with E-state index < -0.39 is 0 Å². The van der Waals surface area contributed by atoms with Crippen LogP contribution in [0.5, 0.6) is 0 Å². The van der Waals surface area contributed by atoms with Gasteiger partial charge in [0.05, 0.1) is 0 Å². The summed E-state index contributed by atoms with van der Waals surface area (Å²) in [6, 6.07) is 7.88. The van der Waals surface area contributed by atoms with Crippen LogP contribution in [0.15, 0.2) is 24.3 Å². The molecular formula is C16H23NO. The van der Waals surface area contributed by atoms with Gasteiger partial charge in [0.15, 0.2) is 5.78 Å². The predicted octanol–water partition coefficient (Wildman–Crippen LogP) is 3.30. The van der Waals surface area contributed by atoms with Crippen LogP contribution in [0.1, 0.15) is 41.6 Å². The first-order valence-corrected chi connectivity index (χ1v) is 6.93. The number of hydrogen-bond acceptors (Lipinski definition) is 2. The number of carbonyl (C=O) groups excluding carboxylic acids is 1. The summed E-state index contributed by atoms with van der Waals surface area (Å²) < 4.78 is 0. The minimum Gasteiger partial charge on any atom is -0.306 e. The van der Waals surface area contributed by atoms with Gasteiger partial charge in [0.2, 0.25) is 0 Å². The fraction of sp³-hybridized carbons (Fsp3) is 0.562. The van der Waals surface area contributed by atoms with Crippen molar-refractivity contribution in [3.63, 3.8) is 0 Å². The Balaban J connectivity index is 1.76. The monoisotopic (exact) mass is 245 g/mol. The molecule has 2 heteroatoms. The molecule has 1 saturated carbocycles. The van der Waals surface area contributed by atoms with Gasteiger partial charge >= 0.3 is 0 Å². The van der Waals surface area contributed by atoms with Gasteiger partial charge in [-0.3, -0.25) is 4.79 Å². The number of Topliss-reactive ketones (excluding diaryl/α,β-unsaturated/α-hetero) is 1. The second-order valence-electron chi connectivity index (χ2n) is 5.60. The smallest absolute Gasteiger partial charge is 0.164 e. The molecule has 0 unspecified atom stereocenters. The standard InChI is InChI=1S/C16H23NO/c1-13-5-3-8-15(11-13)16(18)9-10-17(2)12-14-6-4-7-14/h3,5,8,11,14H,4,6-7,9-10,12H2,1-2H3. The summed E-state index contributed by atoms with van der Waals surface area (Å²) in [6.07, 6.45) is 4.76. The SMILES string of the molecule is Cc1cccc(C(=O)CCN(C)CC2CCC2)c1. The molecule has 0 amide bonds. The highest BCUT2D eigenvalue weighted by molar-refractivity contribution is 5.96. The zero-order valence-electron chi connectivity index (χ0n) is 11.5. The number of ketones is 1. The van der Waals surface area contributed by atoms with Crippen molar-refractivity contribution in [2.75, 3.05) is 20.1 Å². The van der Waals surface area contributed by atoms with Crippen LogP contribution in [0.25, 0.3) is 0 Å².